The molecule has 13 nitrogen and oxygen atoms in total. The van der Waals surface area contributed by atoms with E-state index in [-0.39, 0.29) is 49.3 Å². The van der Waals surface area contributed by atoms with E-state index >= 15 is 0 Å². The van der Waals surface area contributed by atoms with Crippen molar-refractivity contribution in [3.8, 4) is 5.75 Å². The van der Waals surface area contributed by atoms with Crippen LogP contribution in [0.5, 0.6) is 5.75 Å². The zero-order chi connectivity index (χ0) is 36.3. The van der Waals surface area contributed by atoms with E-state index in [9.17, 15) is 29.3 Å². The van der Waals surface area contributed by atoms with Gasteiger partial charge in [0.05, 0.1) is 18.6 Å². The standard InChI is InChI=1S/C36H46IN5O8/c1-5-7-8-9-10-19-40(23-25-11-17-30(49-4)18-12-25)35(46)41-24-28(38-32(43)26-13-15-29(16-14-26)42(47)48)20-31(41)33(44)39-36(34(45)50-6-2)21-27(36)22-37-3/h5,11-18,27-28,31H,1,3,6-10,19-24H2,2,4H3,(H,38,43)(H,39,44)/t27-,28-,31-,36+/m0/s1. The molecule has 2 aromatic rings. The molecule has 1 saturated carbocycles. The van der Waals surface area contributed by atoms with Crippen molar-refractivity contribution >= 4 is 54.7 Å². The molecule has 0 bridgehead atoms. The van der Waals surface area contributed by atoms with Crippen molar-refractivity contribution in [2.24, 2.45) is 5.92 Å². The van der Waals surface area contributed by atoms with Crippen LogP contribution in [0.2, 0.25) is 0 Å². The number of rotatable bonds is 18. The van der Waals surface area contributed by atoms with Gasteiger partial charge in [0.25, 0.3) is 11.6 Å². The monoisotopic (exact) mass is 803 g/mol. The number of non-ortho nitro benzene ring substituents is 1. The minimum atomic E-state index is -1.16. The highest BCUT2D eigenvalue weighted by atomic mass is 127. The number of benzene rings is 2. The topological polar surface area (TPSA) is 160 Å². The summed E-state index contributed by atoms with van der Waals surface area (Å²) in [4.78, 5) is 68.7. The van der Waals surface area contributed by atoms with Crippen LogP contribution in [0.4, 0.5) is 10.5 Å². The summed E-state index contributed by atoms with van der Waals surface area (Å²) < 4.78 is 15.4. The zero-order valence-electron chi connectivity index (χ0n) is 28.6. The number of urea groups is 1. The highest BCUT2D eigenvalue weighted by Gasteiger charge is 2.62. The lowest BCUT2D eigenvalue weighted by atomic mass is 10.1. The number of allylic oxidation sites excluding steroid dienone is 1. The van der Waals surface area contributed by atoms with Crippen LogP contribution in [0.15, 0.2) is 61.2 Å². The molecule has 4 amide bonds. The molecular weight excluding hydrogens is 757 g/mol. The van der Waals surface area contributed by atoms with Crippen LogP contribution < -0.4 is 15.4 Å². The average molecular weight is 804 g/mol. The van der Waals surface area contributed by atoms with Gasteiger partial charge in [0.1, 0.15) is 17.3 Å². The molecule has 2 fully saturated rings. The molecule has 0 spiro atoms. The molecule has 2 aliphatic rings. The Morgan fingerprint density at radius 1 is 1.12 bits per heavy atom. The van der Waals surface area contributed by atoms with Crippen molar-refractivity contribution in [2.45, 2.75) is 69.6 Å². The number of hydrogen-bond donors (Lipinski definition) is 2. The second kappa shape index (κ2) is 18.1. The largest absolute Gasteiger partial charge is 0.497 e. The molecule has 50 heavy (non-hydrogen) atoms. The molecule has 270 valence electrons. The normalized spacial score (nSPS) is 20.8. The number of methoxy groups -OCH3 is 1. The summed E-state index contributed by atoms with van der Waals surface area (Å²) in [5, 5.41) is 17.0. The second-order valence-electron chi connectivity index (χ2n) is 12.5. The van der Waals surface area contributed by atoms with Crippen molar-refractivity contribution in [2.75, 3.05) is 31.2 Å². The predicted molar refractivity (Wildman–Crippen MR) is 199 cm³/mol. The van der Waals surface area contributed by atoms with Crippen LogP contribution in [-0.2, 0) is 20.9 Å². The molecule has 1 aliphatic carbocycles. The third kappa shape index (κ3) is 9.67. The lowest BCUT2D eigenvalue weighted by molar-refractivity contribution is -0.384. The number of esters is 1. The van der Waals surface area contributed by atoms with Gasteiger partial charge in [-0.15, -0.1) is 27.3 Å². The molecule has 1 aliphatic heterocycles. The summed E-state index contributed by atoms with van der Waals surface area (Å²) in [7, 11) is 1.58. The Balaban J connectivity index is 1.60. The van der Waals surface area contributed by atoms with E-state index < -0.39 is 61.1 Å². The van der Waals surface area contributed by atoms with Gasteiger partial charge in [0, 0.05) is 53.7 Å². The average Bonchev–Trinajstić information content (AvgIpc) is 3.63. The van der Waals surface area contributed by atoms with Gasteiger partial charge in [0.2, 0.25) is 5.91 Å². The summed E-state index contributed by atoms with van der Waals surface area (Å²) in [5.41, 5.74) is -0.215. The number of amides is 4. The van der Waals surface area contributed by atoms with Crippen molar-refractivity contribution in [3.63, 3.8) is 0 Å². The summed E-state index contributed by atoms with van der Waals surface area (Å²) >= 11 is -0.394. The van der Waals surface area contributed by atoms with E-state index in [1.165, 1.54) is 29.2 Å². The molecule has 0 unspecified atom stereocenters. The molecule has 4 rings (SSSR count). The minimum absolute atomic E-state index is 0.0470. The maximum atomic E-state index is 14.5. The number of nitro groups is 1. The van der Waals surface area contributed by atoms with Gasteiger partial charge in [0.15, 0.2) is 0 Å². The number of carbonyl (C=O) groups is 4. The van der Waals surface area contributed by atoms with Crippen molar-refractivity contribution in [1.82, 2.24) is 20.4 Å². The number of hydrogen-bond acceptors (Lipinski definition) is 8. The number of halogens is 1. The van der Waals surface area contributed by atoms with Crippen molar-refractivity contribution in [3.05, 3.63) is 82.4 Å². The van der Waals surface area contributed by atoms with E-state index in [1.54, 1.807) is 18.9 Å². The predicted octanol–water partition coefficient (Wildman–Crippen LogP) is 4.99. The van der Waals surface area contributed by atoms with E-state index in [1.807, 2.05) is 30.3 Å². The maximum absolute atomic E-state index is 14.5. The van der Waals surface area contributed by atoms with Crippen molar-refractivity contribution in [1.29, 1.82) is 0 Å². The Morgan fingerprint density at radius 2 is 1.84 bits per heavy atom. The first-order chi connectivity index (χ1) is 24.1. The first kappa shape index (κ1) is 38.5. The van der Waals surface area contributed by atoms with Crippen LogP contribution in [0.1, 0.15) is 61.4 Å². The lowest BCUT2D eigenvalue weighted by Crippen LogP contribution is -2.55. The summed E-state index contributed by atoms with van der Waals surface area (Å²) in [6.07, 6.45) is 5.85. The van der Waals surface area contributed by atoms with Crippen molar-refractivity contribution < 1.29 is 33.6 Å². The van der Waals surface area contributed by atoms with E-state index in [4.69, 9.17) is 9.47 Å². The molecule has 2 N–H and O–H groups in total. The Labute approximate surface area is 302 Å². The fraction of sp³-hybridized carbons (Fsp3) is 0.472. The number of likely N-dealkylation sites (tertiary alicyclic amines) is 1. The highest BCUT2D eigenvalue weighted by molar-refractivity contribution is 14.2. The number of nitrogens with one attached hydrogen (secondary N) is 2. The van der Waals surface area contributed by atoms with E-state index in [2.05, 4.69) is 21.7 Å². The Kier molecular flexibility index (Phi) is 13.9. The fourth-order valence-electron chi connectivity index (χ4n) is 6.21. The summed E-state index contributed by atoms with van der Waals surface area (Å²) in [6.45, 7) is 6.44. The van der Waals surface area contributed by atoms with Gasteiger partial charge < -0.3 is 29.9 Å². The summed E-state index contributed by atoms with van der Waals surface area (Å²) in [5.74, 6) is -0.857. The number of carbonyl (C=O) groups excluding carboxylic acids is 4. The van der Waals surface area contributed by atoms with Gasteiger partial charge in [-0.3, -0.25) is 19.7 Å². The number of unbranched alkanes of at least 4 members (excludes halogenated alkanes) is 3. The minimum Gasteiger partial charge on any atom is -0.497 e. The lowest BCUT2D eigenvalue weighted by Gasteiger charge is -2.32. The number of nitro benzene ring substituents is 1. The highest BCUT2D eigenvalue weighted by Crippen LogP contribution is 2.46. The number of alkyl halides is 1. The molecule has 0 radical (unpaired) electrons. The quantitative estimate of drug-likeness (QED) is 0.0406. The first-order valence-electron chi connectivity index (χ1n) is 16.7. The number of ether oxygens (including phenoxy) is 2. The van der Waals surface area contributed by atoms with Crippen LogP contribution in [0.25, 0.3) is 0 Å². The number of nitrogens with zero attached hydrogens (tertiary/aromatic N) is 3. The van der Waals surface area contributed by atoms with Gasteiger partial charge in [-0.25, -0.2) is 9.59 Å². The molecule has 4 atom stereocenters. The second-order valence-corrected chi connectivity index (χ2v) is 14.5. The van der Waals surface area contributed by atoms with Gasteiger partial charge in [-0.05, 0) is 68.9 Å². The first-order valence-corrected chi connectivity index (χ1v) is 19.8. The van der Waals surface area contributed by atoms with E-state index in [0.717, 1.165) is 35.7 Å². The third-order valence-electron chi connectivity index (χ3n) is 9.05. The van der Waals surface area contributed by atoms with Crippen LogP contribution >= 0.6 is 20.7 Å². The van der Waals surface area contributed by atoms with Gasteiger partial charge in [-0.2, -0.15) is 0 Å². The van der Waals surface area contributed by atoms with E-state index in [0.29, 0.717) is 18.7 Å². The molecule has 1 saturated heterocycles. The van der Waals surface area contributed by atoms with Crippen LogP contribution in [0.3, 0.4) is 0 Å². The Morgan fingerprint density at radius 3 is 2.46 bits per heavy atom. The molecular formula is C36H46IN5O8. The fourth-order valence-corrected chi connectivity index (χ4v) is 8.03. The zero-order valence-corrected chi connectivity index (χ0v) is 30.8. The molecule has 1 heterocycles. The molecule has 2 aromatic carbocycles. The van der Waals surface area contributed by atoms with Gasteiger partial charge >= 0.3 is 12.0 Å². The molecule has 0 aromatic heterocycles. The van der Waals surface area contributed by atoms with Crippen LogP contribution in [-0.4, -0.2) is 91.9 Å². The van der Waals surface area contributed by atoms with Crippen LogP contribution in [0, 0.1) is 16.0 Å². The van der Waals surface area contributed by atoms with Gasteiger partial charge in [-0.1, -0.05) is 29.1 Å². The Hall–Kier alpha value is -4.34. The summed E-state index contributed by atoms with van der Waals surface area (Å²) in [6, 6.07) is 10.7. The Bertz CT molecular complexity index is 1550. The maximum Gasteiger partial charge on any atom is 0.332 e. The SMILES string of the molecule is C=CCCCCCN(Cc1ccc(OC)cc1)C(=O)N1C[C@@H](NC(=O)c2ccc([N+](=O)[O-])cc2)C[C@H]1C(=O)N[C@]1(C(=O)OCC)C[C@H]1CI=C. The third-order valence-corrected chi connectivity index (χ3v) is 10.7. The smallest absolute Gasteiger partial charge is 0.332 e. The molecule has 14 heteroatoms.